The molecule has 12 rings (SSSR count). The van der Waals surface area contributed by atoms with E-state index in [0.29, 0.717) is 5.95 Å². The molecule has 8 aromatic carbocycles. The molecule has 0 amide bonds. The molecule has 0 bridgehead atoms. The molecule has 12 aromatic rings. The molecule has 270 valence electrons. The first-order valence-electron chi connectivity index (χ1n) is 19.6. The summed E-state index contributed by atoms with van der Waals surface area (Å²) in [5.41, 5.74) is 14.6. The van der Waals surface area contributed by atoms with Crippen molar-refractivity contribution in [2.75, 3.05) is 0 Å². The molecule has 0 radical (unpaired) electrons. The maximum Gasteiger partial charge on any atom is 0.235 e. The van der Waals surface area contributed by atoms with Crippen molar-refractivity contribution in [2.45, 2.75) is 0 Å². The van der Waals surface area contributed by atoms with Crippen molar-refractivity contribution in [2.24, 2.45) is 0 Å². The quantitative estimate of drug-likeness (QED) is 0.165. The van der Waals surface area contributed by atoms with Gasteiger partial charge in [-0.2, -0.15) is 0 Å². The monoisotopic (exact) mass is 739 g/mol. The number of aromatic nitrogens is 5. The highest BCUT2D eigenvalue weighted by Gasteiger charge is 2.21. The van der Waals surface area contributed by atoms with E-state index in [1.165, 1.54) is 0 Å². The lowest BCUT2D eigenvalue weighted by Gasteiger charge is -2.14. The van der Waals surface area contributed by atoms with E-state index in [9.17, 15) is 0 Å². The minimum absolute atomic E-state index is 0.616. The van der Waals surface area contributed by atoms with Gasteiger partial charge in [0.05, 0.1) is 39.0 Å². The van der Waals surface area contributed by atoms with Crippen molar-refractivity contribution >= 4 is 60.2 Å². The van der Waals surface area contributed by atoms with Crippen LogP contribution in [0.3, 0.4) is 0 Å². The summed E-state index contributed by atoms with van der Waals surface area (Å²) in [6.07, 6.45) is 0. The van der Waals surface area contributed by atoms with E-state index in [2.05, 4.69) is 209 Å². The molecule has 4 aromatic heterocycles. The van der Waals surface area contributed by atoms with Gasteiger partial charge in [0.15, 0.2) is 0 Å². The summed E-state index contributed by atoms with van der Waals surface area (Å²) in [6.45, 7) is 0. The standard InChI is InChI=1S/C53H33N5/c1-3-15-34(16-4-1)36-19-13-21-38(29-36)46-33-47(39-22-14-20-37(30-39)35-17-5-2-6-18-35)56-53(55-46)58-49-27-11-8-24-41(49)43-31-44-42(32-51(43)58)40-23-7-10-26-48(40)57-50-28-12-9-25-45(50)54-52(44)57/h1-33H. The Labute approximate surface area is 333 Å². The van der Waals surface area contributed by atoms with Gasteiger partial charge in [0, 0.05) is 32.7 Å². The molecule has 0 spiro atoms. The lowest BCUT2D eigenvalue weighted by molar-refractivity contribution is 0.996. The van der Waals surface area contributed by atoms with Crippen LogP contribution in [0.2, 0.25) is 0 Å². The highest BCUT2D eigenvalue weighted by molar-refractivity contribution is 6.21. The Bertz CT molecular complexity index is 3460. The van der Waals surface area contributed by atoms with Gasteiger partial charge in [0.2, 0.25) is 5.95 Å². The Kier molecular flexibility index (Phi) is 7.16. The number of hydrogen-bond donors (Lipinski definition) is 0. The zero-order valence-electron chi connectivity index (χ0n) is 31.3. The van der Waals surface area contributed by atoms with Gasteiger partial charge < -0.3 is 0 Å². The minimum atomic E-state index is 0.616. The van der Waals surface area contributed by atoms with Crippen molar-refractivity contribution in [3.05, 3.63) is 200 Å². The van der Waals surface area contributed by atoms with E-state index >= 15 is 0 Å². The predicted molar refractivity (Wildman–Crippen MR) is 239 cm³/mol. The number of fused-ring (bicyclic) bond motifs is 11. The number of rotatable bonds is 5. The molecule has 5 nitrogen and oxygen atoms in total. The third-order valence-corrected chi connectivity index (χ3v) is 11.5. The maximum atomic E-state index is 5.44. The van der Waals surface area contributed by atoms with Gasteiger partial charge in [-0.25, -0.2) is 15.0 Å². The summed E-state index contributed by atoms with van der Waals surface area (Å²) in [4.78, 5) is 16.1. The molecule has 0 fully saturated rings. The highest BCUT2D eigenvalue weighted by atomic mass is 15.2. The van der Waals surface area contributed by atoms with Gasteiger partial charge in [0.25, 0.3) is 0 Å². The Balaban J connectivity index is 1.16. The van der Waals surface area contributed by atoms with Crippen LogP contribution in [-0.2, 0) is 0 Å². The summed E-state index contributed by atoms with van der Waals surface area (Å²) in [6, 6.07) is 70.8. The third kappa shape index (κ3) is 5.07. The van der Waals surface area contributed by atoms with Crippen molar-refractivity contribution in [3.8, 4) is 50.7 Å². The molecule has 4 heterocycles. The number of hydrogen-bond acceptors (Lipinski definition) is 3. The summed E-state index contributed by atoms with van der Waals surface area (Å²) < 4.78 is 4.56. The molecule has 0 atom stereocenters. The molecule has 0 saturated carbocycles. The lowest BCUT2D eigenvalue weighted by Crippen LogP contribution is -2.04. The van der Waals surface area contributed by atoms with Crippen LogP contribution in [0.25, 0.3) is 111 Å². The second kappa shape index (κ2) is 12.8. The van der Waals surface area contributed by atoms with E-state index in [1.54, 1.807) is 0 Å². The summed E-state index contributed by atoms with van der Waals surface area (Å²) in [7, 11) is 0. The molecule has 0 aliphatic heterocycles. The van der Waals surface area contributed by atoms with Crippen molar-refractivity contribution < 1.29 is 0 Å². The average molecular weight is 740 g/mol. The molecular formula is C53H33N5. The molecule has 0 unspecified atom stereocenters. The van der Waals surface area contributed by atoms with Gasteiger partial charge in [-0.1, -0.05) is 146 Å². The Morgan fingerprint density at radius 1 is 0.293 bits per heavy atom. The van der Waals surface area contributed by atoms with Crippen LogP contribution in [0.4, 0.5) is 0 Å². The third-order valence-electron chi connectivity index (χ3n) is 11.5. The molecule has 58 heavy (non-hydrogen) atoms. The van der Waals surface area contributed by atoms with E-state index in [1.807, 2.05) is 0 Å². The summed E-state index contributed by atoms with van der Waals surface area (Å²) in [5.74, 6) is 0.616. The van der Waals surface area contributed by atoms with Crippen LogP contribution < -0.4 is 0 Å². The Hall–Kier alpha value is -7.89. The fourth-order valence-electron chi connectivity index (χ4n) is 8.79. The predicted octanol–water partition coefficient (Wildman–Crippen LogP) is 13.3. The van der Waals surface area contributed by atoms with Crippen LogP contribution in [0.15, 0.2) is 200 Å². The van der Waals surface area contributed by atoms with Crippen LogP contribution in [0.1, 0.15) is 0 Å². The maximum absolute atomic E-state index is 5.44. The van der Waals surface area contributed by atoms with Crippen molar-refractivity contribution in [3.63, 3.8) is 0 Å². The first-order valence-corrected chi connectivity index (χ1v) is 19.6. The number of nitrogens with zero attached hydrogens (tertiary/aromatic N) is 5. The molecular weight excluding hydrogens is 707 g/mol. The van der Waals surface area contributed by atoms with Crippen LogP contribution >= 0.6 is 0 Å². The van der Waals surface area contributed by atoms with Crippen molar-refractivity contribution in [1.29, 1.82) is 0 Å². The first kappa shape index (κ1) is 32.4. The Morgan fingerprint density at radius 2 is 0.810 bits per heavy atom. The van der Waals surface area contributed by atoms with E-state index in [4.69, 9.17) is 15.0 Å². The van der Waals surface area contributed by atoms with Gasteiger partial charge in [0.1, 0.15) is 5.65 Å². The number of imidazole rings is 1. The number of benzene rings is 8. The molecule has 5 heteroatoms. The van der Waals surface area contributed by atoms with E-state index < -0.39 is 0 Å². The van der Waals surface area contributed by atoms with Crippen LogP contribution in [-0.4, -0.2) is 23.9 Å². The lowest BCUT2D eigenvalue weighted by atomic mass is 9.99. The zero-order valence-corrected chi connectivity index (χ0v) is 31.3. The average Bonchev–Trinajstić information content (AvgIpc) is 3.85. The van der Waals surface area contributed by atoms with Gasteiger partial charge in [-0.05, 0) is 82.2 Å². The zero-order chi connectivity index (χ0) is 38.2. The van der Waals surface area contributed by atoms with Crippen molar-refractivity contribution in [1.82, 2.24) is 23.9 Å². The minimum Gasteiger partial charge on any atom is -0.292 e. The van der Waals surface area contributed by atoms with Crippen LogP contribution in [0.5, 0.6) is 0 Å². The number of para-hydroxylation sites is 4. The molecule has 0 aliphatic carbocycles. The second-order valence-electron chi connectivity index (χ2n) is 14.9. The van der Waals surface area contributed by atoms with E-state index in [0.717, 1.165) is 105 Å². The Morgan fingerprint density at radius 3 is 1.47 bits per heavy atom. The topological polar surface area (TPSA) is 48.0 Å². The van der Waals surface area contributed by atoms with Crippen LogP contribution in [0, 0.1) is 0 Å². The molecule has 0 N–H and O–H groups in total. The summed E-state index contributed by atoms with van der Waals surface area (Å²) >= 11 is 0. The SMILES string of the molecule is c1ccc(-c2cccc(-c3cc(-c4cccc(-c5ccccc5)c4)nc(-n4c5ccccc5c5cc6c(cc54)c4ccccc4n4c5ccccc5nc64)n3)c2)cc1. The molecule has 0 saturated heterocycles. The van der Waals surface area contributed by atoms with Gasteiger partial charge in [-0.3, -0.25) is 8.97 Å². The fourth-order valence-corrected chi connectivity index (χ4v) is 8.79. The second-order valence-corrected chi connectivity index (χ2v) is 14.9. The van der Waals surface area contributed by atoms with Gasteiger partial charge in [-0.15, -0.1) is 0 Å². The van der Waals surface area contributed by atoms with E-state index in [-0.39, 0.29) is 0 Å². The summed E-state index contributed by atoms with van der Waals surface area (Å²) in [5, 5.41) is 5.67. The fraction of sp³-hybridized carbons (Fsp3) is 0. The van der Waals surface area contributed by atoms with Gasteiger partial charge >= 0.3 is 0 Å². The smallest absolute Gasteiger partial charge is 0.235 e. The largest absolute Gasteiger partial charge is 0.292 e. The normalized spacial score (nSPS) is 11.8. The molecule has 0 aliphatic rings. The number of pyridine rings is 1. The highest BCUT2D eigenvalue weighted by Crippen LogP contribution is 2.40. The first-order chi connectivity index (χ1) is 28.7.